The number of nitrogens with zero attached hydrogens (tertiary/aromatic N) is 2. The molecule has 3 heterocycles. The van der Waals surface area contributed by atoms with Crippen LogP contribution >= 0.6 is 22.6 Å². The van der Waals surface area contributed by atoms with Crippen LogP contribution in [0.3, 0.4) is 0 Å². The number of halogens is 1. The van der Waals surface area contributed by atoms with E-state index in [-0.39, 0.29) is 0 Å². The van der Waals surface area contributed by atoms with E-state index in [0.29, 0.717) is 12.0 Å². The fraction of sp³-hybridized carbons (Fsp3) is 0.538. The second kappa shape index (κ2) is 9.58. The smallest absolute Gasteiger partial charge is 0.119 e. The van der Waals surface area contributed by atoms with Crippen LogP contribution in [0.25, 0.3) is 0 Å². The van der Waals surface area contributed by atoms with Crippen molar-refractivity contribution in [2.75, 3.05) is 39.3 Å². The zero-order chi connectivity index (χ0) is 20.3. The fourth-order valence-corrected chi connectivity index (χ4v) is 6.21. The quantitative estimate of drug-likeness (QED) is 0.355. The lowest BCUT2D eigenvalue weighted by Crippen LogP contribution is -2.34. The zero-order valence-electron chi connectivity index (χ0n) is 17.9. The molecule has 0 aliphatic carbocycles. The second-order valence-corrected chi connectivity index (χ2v) is 10.4. The molecule has 3 aliphatic heterocycles. The molecular weight excluding hydrogens is 483 g/mol. The van der Waals surface area contributed by atoms with E-state index in [2.05, 4.69) is 74.9 Å². The van der Waals surface area contributed by atoms with Crippen LogP contribution in [-0.4, -0.2) is 49.1 Å². The Balaban J connectivity index is 1.30. The molecule has 2 aromatic rings. The Kier molecular flexibility index (Phi) is 6.63. The number of ether oxygens (including phenoxy) is 1. The lowest BCUT2D eigenvalue weighted by atomic mass is 9.81. The van der Waals surface area contributed by atoms with Gasteiger partial charge in [0.1, 0.15) is 5.75 Å². The first-order valence-corrected chi connectivity index (χ1v) is 12.8. The van der Waals surface area contributed by atoms with E-state index in [1.165, 1.54) is 78.5 Å². The van der Waals surface area contributed by atoms with Gasteiger partial charge in [0.15, 0.2) is 0 Å². The van der Waals surface area contributed by atoms with Crippen molar-refractivity contribution < 1.29 is 4.74 Å². The summed E-state index contributed by atoms with van der Waals surface area (Å²) in [5, 5.41) is 0. The predicted octanol–water partition coefficient (Wildman–Crippen LogP) is 5.83. The topological polar surface area (TPSA) is 15.7 Å². The lowest BCUT2D eigenvalue weighted by molar-refractivity contribution is 0.204. The van der Waals surface area contributed by atoms with Crippen molar-refractivity contribution in [2.45, 2.75) is 50.5 Å². The average Bonchev–Trinajstić information content (AvgIpc) is 3.26. The Morgan fingerprint density at radius 1 is 0.933 bits per heavy atom. The molecule has 160 valence electrons. The van der Waals surface area contributed by atoms with Gasteiger partial charge in [-0.2, -0.15) is 0 Å². The van der Waals surface area contributed by atoms with Crippen molar-refractivity contribution in [3.8, 4) is 5.75 Å². The molecule has 3 nitrogen and oxygen atoms in total. The lowest BCUT2D eigenvalue weighted by Gasteiger charge is -2.37. The fourth-order valence-electron chi connectivity index (χ4n) is 5.65. The van der Waals surface area contributed by atoms with Crippen LogP contribution in [0.15, 0.2) is 42.5 Å². The minimum Gasteiger partial charge on any atom is -0.494 e. The van der Waals surface area contributed by atoms with Crippen LogP contribution in [0, 0.1) is 3.57 Å². The highest BCUT2D eigenvalue weighted by Gasteiger charge is 2.36. The molecule has 4 heteroatoms. The maximum absolute atomic E-state index is 6.23. The Bertz CT molecular complexity index is 864. The van der Waals surface area contributed by atoms with Crippen molar-refractivity contribution in [1.82, 2.24) is 9.80 Å². The summed E-state index contributed by atoms with van der Waals surface area (Å²) in [5.41, 5.74) is 4.47. The first-order chi connectivity index (χ1) is 14.8. The van der Waals surface area contributed by atoms with Crippen molar-refractivity contribution in [1.29, 1.82) is 0 Å². The molecule has 5 rings (SSSR count). The molecule has 2 saturated heterocycles. The summed E-state index contributed by atoms with van der Waals surface area (Å²) in [4.78, 5) is 5.30. The van der Waals surface area contributed by atoms with Crippen molar-refractivity contribution in [2.24, 2.45) is 0 Å². The van der Waals surface area contributed by atoms with Crippen LogP contribution in [0.5, 0.6) is 5.75 Å². The summed E-state index contributed by atoms with van der Waals surface area (Å²) in [6.45, 7) is 6.92. The number of fused-ring (bicyclic) bond motifs is 3. The van der Waals surface area contributed by atoms with Crippen LogP contribution in [0.2, 0.25) is 0 Å². The van der Waals surface area contributed by atoms with E-state index in [4.69, 9.17) is 4.74 Å². The Labute approximate surface area is 194 Å². The average molecular weight is 516 g/mol. The van der Waals surface area contributed by atoms with Gasteiger partial charge < -0.3 is 9.64 Å². The summed E-state index contributed by atoms with van der Waals surface area (Å²) >= 11 is 2.44. The van der Waals surface area contributed by atoms with Crippen LogP contribution in [0.4, 0.5) is 0 Å². The van der Waals surface area contributed by atoms with E-state index in [9.17, 15) is 0 Å². The minimum atomic E-state index is 0.470. The number of hydrogen-bond acceptors (Lipinski definition) is 3. The van der Waals surface area contributed by atoms with Gasteiger partial charge in [-0.25, -0.2) is 0 Å². The molecule has 0 saturated carbocycles. The summed E-state index contributed by atoms with van der Waals surface area (Å²) < 4.78 is 7.55. The van der Waals surface area contributed by atoms with Gasteiger partial charge in [0, 0.05) is 28.6 Å². The van der Waals surface area contributed by atoms with Gasteiger partial charge in [-0.05, 0) is 115 Å². The van der Waals surface area contributed by atoms with Gasteiger partial charge in [-0.15, -0.1) is 0 Å². The van der Waals surface area contributed by atoms with Gasteiger partial charge in [0.2, 0.25) is 0 Å². The molecule has 0 spiro atoms. The Morgan fingerprint density at radius 3 is 2.70 bits per heavy atom. The highest BCUT2D eigenvalue weighted by molar-refractivity contribution is 14.1. The Hall–Kier alpha value is -1.11. The van der Waals surface area contributed by atoms with Gasteiger partial charge >= 0.3 is 0 Å². The van der Waals surface area contributed by atoms with Gasteiger partial charge in [-0.3, -0.25) is 4.90 Å². The molecule has 0 unspecified atom stereocenters. The molecule has 0 bridgehead atoms. The third-order valence-electron chi connectivity index (χ3n) is 7.16. The number of rotatable bonds is 6. The normalized spacial score (nSPS) is 24.4. The maximum atomic E-state index is 6.23. The molecule has 0 aromatic heterocycles. The molecule has 0 radical (unpaired) electrons. The van der Waals surface area contributed by atoms with Crippen molar-refractivity contribution in [3.05, 3.63) is 62.7 Å². The number of benzene rings is 2. The SMILES string of the molecule is Ic1cccc([C@H]2CN3CCC[C@H]3c3cc(OCCCN4CCCCC4)ccc32)c1. The van der Waals surface area contributed by atoms with Gasteiger partial charge in [-0.1, -0.05) is 24.6 Å². The molecule has 30 heavy (non-hydrogen) atoms. The van der Waals surface area contributed by atoms with Crippen LogP contribution < -0.4 is 4.74 Å². The first-order valence-electron chi connectivity index (χ1n) is 11.8. The highest BCUT2D eigenvalue weighted by Crippen LogP contribution is 2.45. The van der Waals surface area contributed by atoms with Crippen molar-refractivity contribution in [3.63, 3.8) is 0 Å². The molecule has 2 fully saturated rings. The monoisotopic (exact) mass is 516 g/mol. The van der Waals surface area contributed by atoms with Crippen LogP contribution in [0.1, 0.15) is 67.2 Å². The van der Waals surface area contributed by atoms with E-state index in [0.717, 1.165) is 25.3 Å². The minimum absolute atomic E-state index is 0.470. The Morgan fingerprint density at radius 2 is 1.83 bits per heavy atom. The molecule has 3 aliphatic rings. The standard InChI is InChI=1S/C26H33IN2O/c27-21-8-4-7-20(17-21)25-19-29-15-5-9-26(29)24-18-22(10-11-23(24)25)30-16-6-14-28-12-2-1-3-13-28/h4,7-8,10-11,17-18,25-26H,1-3,5-6,9,12-16,19H2/t25-,26+/m1/s1. The van der Waals surface area contributed by atoms with Crippen molar-refractivity contribution >= 4 is 22.6 Å². The maximum Gasteiger partial charge on any atom is 0.119 e. The number of likely N-dealkylation sites (tertiary alicyclic amines) is 1. The third kappa shape index (κ3) is 4.56. The summed E-state index contributed by atoms with van der Waals surface area (Å²) in [5.74, 6) is 1.53. The highest BCUT2D eigenvalue weighted by atomic mass is 127. The zero-order valence-corrected chi connectivity index (χ0v) is 20.0. The van der Waals surface area contributed by atoms with E-state index in [1.54, 1.807) is 0 Å². The molecule has 0 N–H and O–H groups in total. The summed E-state index contributed by atoms with van der Waals surface area (Å²) in [7, 11) is 0. The van der Waals surface area contributed by atoms with Gasteiger partial charge in [0.05, 0.1) is 6.61 Å². The van der Waals surface area contributed by atoms with E-state index >= 15 is 0 Å². The summed E-state index contributed by atoms with van der Waals surface area (Å²) in [6, 6.07) is 16.6. The molecular formula is C26H33IN2O. The van der Waals surface area contributed by atoms with Gasteiger partial charge in [0.25, 0.3) is 0 Å². The summed E-state index contributed by atoms with van der Waals surface area (Å²) in [6.07, 6.45) is 7.85. The molecule has 2 aromatic carbocycles. The largest absolute Gasteiger partial charge is 0.494 e. The number of hydrogen-bond donors (Lipinski definition) is 0. The second-order valence-electron chi connectivity index (χ2n) is 9.16. The van der Waals surface area contributed by atoms with E-state index in [1.807, 2.05) is 0 Å². The number of piperidine rings is 1. The third-order valence-corrected chi connectivity index (χ3v) is 7.83. The molecule has 0 amide bonds. The predicted molar refractivity (Wildman–Crippen MR) is 131 cm³/mol. The first kappa shape index (κ1) is 20.8. The van der Waals surface area contributed by atoms with E-state index < -0.39 is 0 Å². The van der Waals surface area contributed by atoms with Crippen LogP contribution in [-0.2, 0) is 0 Å². The molecule has 2 atom stereocenters.